The van der Waals surface area contributed by atoms with Crippen LogP contribution in [0.1, 0.15) is 33.1 Å². The number of ether oxygens (including phenoxy) is 1. The fourth-order valence-electron chi connectivity index (χ4n) is 4.34. The van der Waals surface area contributed by atoms with Crippen molar-refractivity contribution in [1.82, 2.24) is 30.2 Å². The Morgan fingerprint density at radius 1 is 0.732 bits per heavy atom. The summed E-state index contributed by atoms with van der Waals surface area (Å²) in [6, 6.07) is 0. The third-order valence-electron chi connectivity index (χ3n) is 6.67. The number of aliphatic carboxylic acids is 2. The molecule has 236 valence electrons. The molecule has 2 amide bonds. The standard InChI is InChI=1S/C27H50N6O8/c1-23(2)4-3-6-28-24(35)5-18-41-19-7-29-25(36)20-31-10-8-30(16-17-34)9-11-32(21-26(37)38)14-15-33(13-12-31)22-27(39)40/h17,23H,3-16,18-22H2,1-2H3,(H,28,35)(H,29,36)(H,37,38)(H,39,40). The highest BCUT2D eigenvalue weighted by Gasteiger charge is 2.20. The molecule has 4 N–H and O–H groups in total. The molecule has 0 saturated carbocycles. The summed E-state index contributed by atoms with van der Waals surface area (Å²) in [4.78, 5) is 65.6. The molecule has 0 aromatic heterocycles. The fraction of sp³-hybridized carbons (Fsp3) is 0.815. The molecule has 0 aromatic carbocycles. The monoisotopic (exact) mass is 586 g/mol. The van der Waals surface area contributed by atoms with Gasteiger partial charge in [0, 0.05) is 71.9 Å². The van der Waals surface area contributed by atoms with E-state index in [9.17, 15) is 34.2 Å². The van der Waals surface area contributed by atoms with E-state index in [1.54, 1.807) is 9.80 Å². The molecule has 0 radical (unpaired) electrons. The maximum Gasteiger partial charge on any atom is 0.317 e. The van der Waals surface area contributed by atoms with E-state index in [-0.39, 0.29) is 57.6 Å². The molecular weight excluding hydrogens is 536 g/mol. The summed E-state index contributed by atoms with van der Waals surface area (Å²) in [6.07, 6.45) is 3.08. The molecule has 1 aliphatic heterocycles. The Labute approximate surface area is 243 Å². The lowest BCUT2D eigenvalue weighted by molar-refractivity contribution is -0.140. The molecular formula is C27H50N6O8. The first-order valence-electron chi connectivity index (χ1n) is 14.5. The average Bonchev–Trinajstić information content (AvgIpc) is 2.89. The van der Waals surface area contributed by atoms with Gasteiger partial charge in [-0.25, -0.2) is 0 Å². The third-order valence-corrected chi connectivity index (χ3v) is 6.67. The summed E-state index contributed by atoms with van der Waals surface area (Å²) in [5, 5.41) is 24.3. The van der Waals surface area contributed by atoms with Crippen LogP contribution in [0.3, 0.4) is 0 Å². The zero-order valence-corrected chi connectivity index (χ0v) is 24.7. The summed E-state index contributed by atoms with van der Waals surface area (Å²) in [6.45, 7) is 9.13. The molecule has 1 rings (SSSR count). The lowest BCUT2D eigenvalue weighted by atomic mass is 10.1. The van der Waals surface area contributed by atoms with Gasteiger partial charge in [-0.2, -0.15) is 0 Å². The molecule has 1 heterocycles. The van der Waals surface area contributed by atoms with Gasteiger partial charge in [0.25, 0.3) is 0 Å². The van der Waals surface area contributed by atoms with Crippen LogP contribution in [-0.4, -0.2) is 165 Å². The molecule has 0 atom stereocenters. The van der Waals surface area contributed by atoms with Crippen LogP contribution >= 0.6 is 0 Å². The average molecular weight is 587 g/mol. The Morgan fingerprint density at radius 2 is 1.22 bits per heavy atom. The van der Waals surface area contributed by atoms with Crippen molar-refractivity contribution >= 4 is 30.0 Å². The molecule has 1 aliphatic rings. The zero-order chi connectivity index (χ0) is 30.5. The van der Waals surface area contributed by atoms with Crippen LogP contribution in [0.5, 0.6) is 0 Å². The van der Waals surface area contributed by atoms with Crippen molar-refractivity contribution in [3.63, 3.8) is 0 Å². The van der Waals surface area contributed by atoms with E-state index < -0.39 is 11.9 Å². The molecule has 0 aliphatic carbocycles. The van der Waals surface area contributed by atoms with Crippen molar-refractivity contribution in [2.75, 3.05) is 105 Å². The second-order valence-corrected chi connectivity index (χ2v) is 10.7. The van der Waals surface area contributed by atoms with Gasteiger partial charge in [0.05, 0.1) is 39.4 Å². The number of carbonyl (C=O) groups is 5. The third kappa shape index (κ3) is 20.0. The van der Waals surface area contributed by atoms with Crippen LogP contribution in [0.15, 0.2) is 0 Å². The van der Waals surface area contributed by atoms with Crippen LogP contribution in [-0.2, 0) is 28.7 Å². The first kappa shape index (κ1) is 36.4. The van der Waals surface area contributed by atoms with Gasteiger partial charge in [0.15, 0.2) is 0 Å². The smallest absolute Gasteiger partial charge is 0.317 e. The Kier molecular flexibility index (Phi) is 19.5. The molecule has 1 fully saturated rings. The molecule has 0 spiro atoms. The van der Waals surface area contributed by atoms with E-state index in [1.165, 1.54) is 0 Å². The van der Waals surface area contributed by atoms with E-state index in [1.807, 2.05) is 9.80 Å². The minimum atomic E-state index is -0.980. The highest BCUT2D eigenvalue weighted by atomic mass is 16.5. The van der Waals surface area contributed by atoms with Crippen molar-refractivity contribution in [1.29, 1.82) is 0 Å². The maximum atomic E-state index is 12.6. The summed E-state index contributed by atoms with van der Waals surface area (Å²) in [7, 11) is 0. The second kappa shape index (κ2) is 22.0. The van der Waals surface area contributed by atoms with Gasteiger partial charge < -0.3 is 30.4 Å². The number of hydrogen-bond acceptors (Lipinski definition) is 10. The SMILES string of the molecule is CC(C)CCCNC(=O)CCOCCNC(=O)CN1CCN(CC=O)CCN(CC(=O)O)CCN(CC(=O)O)CC1. The van der Waals surface area contributed by atoms with Gasteiger partial charge >= 0.3 is 11.9 Å². The topological polar surface area (TPSA) is 172 Å². The number of hydrogen-bond donors (Lipinski definition) is 4. The quantitative estimate of drug-likeness (QED) is 0.110. The molecule has 0 aromatic rings. The maximum absolute atomic E-state index is 12.6. The number of amides is 2. The number of rotatable bonds is 18. The minimum Gasteiger partial charge on any atom is -0.480 e. The molecule has 0 unspecified atom stereocenters. The van der Waals surface area contributed by atoms with Crippen LogP contribution < -0.4 is 10.6 Å². The number of aldehydes is 1. The Bertz CT molecular complexity index is 800. The lowest BCUT2D eigenvalue weighted by Crippen LogP contribution is -2.49. The number of carboxylic acids is 2. The minimum absolute atomic E-state index is 0.0525. The largest absolute Gasteiger partial charge is 0.480 e. The molecule has 14 nitrogen and oxygen atoms in total. The van der Waals surface area contributed by atoms with Crippen molar-refractivity contribution in [3.05, 3.63) is 0 Å². The van der Waals surface area contributed by atoms with Crippen LogP contribution in [0.25, 0.3) is 0 Å². The normalized spacial score (nSPS) is 17.0. The van der Waals surface area contributed by atoms with Crippen molar-refractivity contribution < 1.29 is 38.9 Å². The molecule has 1 saturated heterocycles. The number of carboxylic acid groups (broad SMARTS) is 2. The van der Waals surface area contributed by atoms with E-state index >= 15 is 0 Å². The number of carbonyl (C=O) groups excluding carboxylic acids is 3. The van der Waals surface area contributed by atoms with Gasteiger partial charge in [0.2, 0.25) is 11.8 Å². The Morgan fingerprint density at radius 3 is 1.71 bits per heavy atom. The zero-order valence-electron chi connectivity index (χ0n) is 24.7. The Balaban J connectivity index is 2.53. The second-order valence-electron chi connectivity index (χ2n) is 10.7. The summed E-state index contributed by atoms with van der Waals surface area (Å²) < 4.78 is 5.47. The van der Waals surface area contributed by atoms with E-state index in [2.05, 4.69) is 24.5 Å². The van der Waals surface area contributed by atoms with Gasteiger partial charge in [-0.15, -0.1) is 0 Å². The van der Waals surface area contributed by atoms with E-state index in [4.69, 9.17) is 4.74 Å². The van der Waals surface area contributed by atoms with Crippen molar-refractivity contribution in [2.45, 2.75) is 33.1 Å². The van der Waals surface area contributed by atoms with Gasteiger partial charge in [-0.1, -0.05) is 13.8 Å². The number of nitrogens with one attached hydrogen (secondary N) is 2. The van der Waals surface area contributed by atoms with E-state index in [0.717, 1.165) is 19.1 Å². The first-order valence-corrected chi connectivity index (χ1v) is 14.5. The number of nitrogens with zero attached hydrogens (tertiary/aromatic N) is 4. The summed E-state index contributed by atoms with van der Waals surface area (Å²) in [5.74, 6) is -1.60. The van der Waals surface area contributed by atoms with Crippen LogP contribution in [0.4, 0.5) is 0 Å². The summed E-state index contributed by atoms with van der Waals surface area (Å²) >= 11 is 0. The fourth-order valence-corrected chi connectivity index (χ4v) is 4.34. The van der Waals surface area contributed by atoms with Crippen molar-refractivity contribution in [2.24, 2.45) is 5.92 Å². The lowest BCUT2D eigenvalue weighted by Gasteiger charge is -2.32. The first-order chi connectivity index (χ1) is 19.6. The molecule has 14 heteroatoms. The predicted octanol–water partition coefficient (Wildman–Crippen LogP) is -1.35. The molecule has 0 bridgehead atoms. The van der Waals surface area contributed by atoms with Gasteiger partial charge in [0.1, 0.15) is 6.29 Å². The van der Waals surface area contributed by atoms with E-state index in [0.29, 0.717) is 71.4 Å². The van der Waals surface area contributed by atoms with Crippen molar-refractivity contribution in [3.8, 4) is 0 Å². The van der Waals surface area contributed by atoms with Crippen LogP contribution in [0, 0.1) is 5.92 Å². The Hall–Kier alpha value is -2.65. The summed E-state index contributed by atoms with van der Waals surface area (Å²) in [5.41, 5.74) is 0. The van der Waals surface area contributed by atoms with Crippen LogP contribution in [0.2, 0.25) is 0 Å². The van der Waals surface area contributed by atoms with Gasteiger partial charge in [-0.3, -0.25) is 38.8 Å². The highest BCUT2D eigenvalue weighted by molar-refractivity contribution is 5.78. The van der Waals surface area contributed by atoms with Gasteiger partial charge in [-0.05, 0) is 18.8 Å². The highest BCUT2D eigenvalue weighted by Crippen LogP contribution is 2.02. The predicted molar refractivity (Wildman–Crippen MR) is 153 cm³/mol. The molecule has 41 heavy (non-hydrogen) atoms.